The molecule has 0 saturated heterocycles. The van der Waals surface area contributed by atoms with Crippen LogP contribution in [0.15, 0.2) is 42.5 Å². The SMILES string of the molecule is COC(=O)[C@@H](NC(=O)c1ccc2ccccc2c1)C1CCCCC1. The van der Waals surface area contributed by atoms with Gasteiger partial charge >= 0.3 is 5.97 Å². The summed E-state index contributed by atoms with van der Waals surface area (Å²) >= 11 is 0. The molecule has 3 rings (SSSR count). The Balaban J connectivity index is 1.79. The van der Waals surface area contributed by atoms with Crippen LogP contribution in [0.1, 0.15) is 42.5 Å². The van der Waals surface area contributed by atoms with Gasteiger partial charge in [0, 0.05) is 5.56 Å². The van der Waals surface area contributed by atoms with E-state index in [9.17, 15) is 9.59 Å². The maximum Gasteiger partial charge on any atom is 0.328 e. The smallest absolute Gasteiger partial charge is 0.328 e. The van der Waals surface area contributed by atoms with E-state index in [0.29, 0.717) is 5.56 Å². The lowest BCUT2D eigenvalue weighted by molar-refractivity contribution is -0.144. The molecule has 1 amide bonds. The molecule has 1 N–H and O–H groups in total. The largest absolute Gasteiger partial charge is 0.467 e. The van der Waals surface area contributed by atoms with E-state index in [1.807, 2.05) is 36.4 Å². The molecule has 1 aliphatic carbocycles. The zero-order valence-corrected chi connectivity index (χ0v) is 14.0. The number of nitrogens with one attached hydrogen (secondary N) is 1. The van der Waals surface area contributed by atoms with E-state index in [2.05, 4.69) is 5.32 Å². The van der Waals surface area contributed by atoms with E-state index < -0.39 is 6.04 Å². The van der Waals surface area contributed by atoms with Gasteiger partial charge in [-0.3, -0.25) is 4.79 Å². The molecule has 1 aliphatic rings. The van der Waals surface area contributed by atoms with Gasteiger partial charge in [0.1, 0.15) is 6.04 Å². The van der Waals surface area contributed by atoms with E-state index in [1.54, 1.807) is 6.07 Å². The first-order chi connectivity index (χ1) is 11.7. The standard InChI is InChI=1S/C20H23NO3/c1-24-20(23)18(15-8-3-2-4-9-15)21-19(22)17-12-11-14-7-5-6-10-16(14)13-17/h5-7,10-13,15,18H,2-4,8-9H2,1H3,(H,21,22)/t18-/m0/s1. The maximum atomic E-state index is 12.6. The molecule has 0 radical (unpaired) electrons. The molecule has 1 fully saturated rings. The van der Waals surface area contributed by atoms with Crippen LogP contribution in [0.2, 0.25) is 0 Å². The van der Waals surface area contributed by atoms with Gasteiger partial charge in [0.05, 0.1) is 7.11 Å². The monoisotopic (exact) mass is 325 g/mol. The number of fused-ring (bicyclic) bond motifs is 1. The Morgan fingerprint density at radius 2 is 1.75 bits per heavy atom. The molecule has 1 saturated carbocycles. The summed E-state index contributed by atoms with van der Waals surface area (Å²) in [6, 6.07) is 12.9. The van der Waals surface area contributed by atoms with Gasteiger partial charge in [-0.2, -0.15) is 0 Å². The quantitative estimate of drug-likeness (QED) is 0.872. The van der Waals surface area contributed by atoms with Crippen molar-refractivity contribution in [2.75, 3.05) is 7.11 Å². The van der Waals surface area contributed by atoms with E-state index in [-0.39, 0.29) is 17.8 Å². The minimum atomic E-state index is -0.561. The molecule has 0 unspecified atom stereocenters. The summed E-state index contributed by atoms with van der Waals surface area (Å²) in [4.78, 5) is 24.8. The van der Waals surface area contributed by atoms with Crippen LogP contribution in [0.3, 0.4) is 0 Å². The van der Waals surface area contributed by atoms with Crippen molar-refractivity contribution in [1.82, 2.24) is 5.32 Å². The van der Waals surface area contributed by atoms with E-state index in [4.69, 9.17) is 4.74 Å². The molecule has 4 nitrogen and oxygen atoms in total. The van der Waals surface area contributed by atoms with Crippen LogP contribution in [0, 0.1) is 5.92 Å². The second-order valence-electron chi connectivity index (χ2n) is 6.43. The highest BCUT2D eigenvalue weighted by atomic mass is 16.5. The molecular formula is C20H23NO3. The summed E-state index contributed by atoms with van der Waals surface area (Å²) in [5.74, 6) is -0.409. The minimum Gasteiger partial charge on any atom is -0.467 e. The van der Waals surface area contributed by atoms with Crippen LogP contribution in [-0.4, -0.2) is 25.0 Å². The molecule has 0 aromatic heterocycles. The zero-order valence-electron chi connectivity index (χ0n) is 14.0. The zero-order chi connectivity index (χ0) is 16.9. The number of ether oxygens (including phenoxy) is 1. The Morgan fingerprint density at radius 1 is 1.04 bits per heavy atom. The summed E-state index contributed by atoms with van der Waals surface area (Å²) in [5.41, 5.74) is 0.568. The normalized spacial score (nSPS) is 16.5. The van der Waals surface area contributed by atoms with Crippen LogP contribution in [0.4, 0.5) is 0 Å². The van der Waals surface area contributed by atoms with Crippen molar-refractivity contribution < 1.29 is 14.3 Å². The van der Waals surface area contributed by atoms with Crippen LogP contribution < -0.4 is 5.32 Å². The molecule has 2 aromatic rings. The maximum absolute atomic E-state index is 12.6. The number of hydrogen-bond donors (Lipinski definition) is 1. The molecular weight excluding hydrogens is 302 g/mol. The lowest BCUT2D eigenvalue weighted by atomic mass is 9.83. The van der Waals surface area contributed by atoms with Crippen molar-refractivity contribution in [3.05, 3.63) is 48.0 Å². The van der Waals surface area contributed by atoms with Crippen LogP contribution in [-0.2, 0) is 9.53 Å². The van der Waals surface area contributed by atoms with Gasteiger partial charge in [0.2, 0.25) is 0 Å². The van der Waals surface area contributed by atoms with E-state index in [1.165, 1.54) is 13.5 Å². The first-order valence-electron chi connectivity index (χ1n) is 8.56. The topological polar surface area (TPSA) is 55.4 Å². The van der Waals surface area contributed by atoms with Crippen LogP contribution in [0.25, 0.3) is 10.8 Å². The van der Waals surface area contributed by atoms with Gasteiger partial charge in [0.15, 0.2) is 0 Å². The van der Waals surface area contributed by atoms with Gasteiger partial charge < -0.3 is 10.1 Å². The number of amides is 1. The van der Waals surface area contributed by atoms with Crippen molar-refractivity contribution in [1.29, 1.82) is 0 Å². The Bertz CT molecular complexity index is 734. The third kappa shape index (κ3) is 3.58. The van der Waals surface area contributed by atoms with Gasteiger partial charge in [-0.15, -0.1) is 0 Å². The molecule has 0 bridgehead atoms. The molecule has 1 atom stereocenters. The summed E-state index contributed by atoms with van der Waals surface area (Å²) < 4.78 is 4.92. The molecule has 0 heterocycles. The Hall–Kier alpha value is -2.36. The number of methoxy groups -OCH3 is 1. The number of rotatable bonds is 4. The third-order valence-corrected chi connectivity index (χ3v) is 4.87. The van der Waals surface area contributed by atoms with Gasteiger partial charge in [-0.1, -0.05) is 49.6 Å². The molecule has 0 aliphatic heterocycles. The summed E-state index contributed by atoms with van der Waals surface area (Å²) in [6.45, 7) is 0. The second-order valence-corrected chi connectivity index (χ2v) is 6.43. The molecule has 126 valence electrons. The second kappa shape index (κ2) is 7.47. The van der Waals surface area contributed by atoms with Crippen molar-refractivity contribution in [2.45, 2.75) is 38.1 Å². The average Bonchev–Trinajstić information content (AvgIpc) is 2.65. The third-order valence-electron chi connectivity index (χ3n) is 4.87. The first kappa shape index (κ1) is 16.5. The van der Waals surface area contributed by atoms with Crippen molar-refractivity contribution in [3.63, 3.8) is 0 Å². The van der Waals surface area contributed by atoms with Gasteiger partial charge in [-0.05, 0) is 41.7 Å². The molecule has 0 spiro atoms. The number of carbonyl (C=O) groups excluding carboxylic acids is 2. The summed E-state index contributed by atoms with van der Waals surface area (Å²) in [6.07, 6.45) is 5.31. The lowest BCUT2D eigenvalue weighted by Crippen LogP contribution is -2.47. The van der Waals surface area contributed by atoms with E-state index >= 15 is 0 Å². The van der Waals surface area contributed by atoms with Crippen molar-refractivity contribution >= 4 is 22.6 Å². The first-order valence-corrected chi connectivity index (χ1v) is 8.56. The predicted molar refractivity (Wildman–Crippen MR) is 93.8 cm³/mol. The number of carbonyl (C=O) groups is 2. The highest BCUT2D eigenvalue weighted by Crippen LogP contribution is 2.27. The van der Waals surface area contributed by atoms with Gasteiger partial charge in [0.25, 0.3) is 5.91 Å². The lowest BCUT2D eigenvalue weighted by Gasteiger charge is -2.29. The van der Waals surface area contributed by atoms with Crippen LogP contribution in [0.5, 0.6) is 0 Å². The molecule has 24 heavy (non-hydrogen) atoms. The minimum absolute atomic E-state index is 0.163. The number of esters is 1. The Kier molecular flexibility index (Phi) is 5.14. The summed E-state index contributed by atoms with van der Waals surface area (Å²) in [5, 5.41) is 5.01. The fourth-order valence-corrected chi connectivity index (χ4v) is 3.52. The van der Waals surface area contributed by atoms with Crippen LogP contribution >= 0.6 is 0 Å². The number of hydrogen-bond acceptors (Lipinski definition) is 3. The van der Waals surface area contributed by atoms with Crippen molar-refractivity contribution in [2.24, 2.45) is 5.92 Å². The highest BCUT2D eigenvalue weighted by molar-refractivity contribution is 6.00. The van der Waals surface area contributed by atoms with E-state index in [0.717, 1.165) is 36.5 Å². The highest BCUT2D eigenvalue weighted by Gasteiger charge is 2.31. The molecule has 2 aromatic carbocycles. The molecule has 4 heteroatoms. The fourth-order valence-electron chi connectivity index (χ4n) is 3.52. The summed E-state index contributed by atoms with van der Waals surface area (Å²) in [7, 11) is 1.38. The number of benzene rings is 2. The average molecular weight is 325 g/mol. The fraction of sp³-hybridized carbons (Fsp3) is 0.400. The predicted octanol–water partition coefficient (Wildman–Crippen LogP) is 3.69. The Morgan fingerprint density at radius 3 is 2.46 bits per heavy atom. The van der Waals surface area contributed by atoms with Gasteiger partial charge in [-0.25, -0.2) is 4.79 Å². The van der Waals surface area contributed by atoms with Crippen molar-refractivity contribution in [3.8, 4) is 0 Å². The Labute approximate surface area is 142 Å².